The molecule has 1 aliphatic heterocycles. The third-order valence-electron chi connectivity index (χ3n) is 13.3. The normalized spacial score (nSPS) is 13.8. The fraction of sp³-hybridized carbons (Fsp3) is 0.0862. The van der Waals surface area contributed by atoms with E-state index in [4.69, 9.17) is 4.98 Å². The molecule has 12 rings (SSSR count). The van der Waals surface area contributed by atoms with Crippen LogP contribution in [0.4, 0.5) is 39.9 Å². The minimum Gasteiger partial charge on any atom is -0.337 e. The largest absolute Gasteiger partial charge is 0.337 e. The highest BCUT2D eigenvalue weighted by Crippen LogP contribution is 2.51. The Morgan fingerprint density at radius 2 is 1.06 bits per heavy atom. The van der Waals surface area contributed by atoms with Gasteiger partial charge in [0.1, 0.15) is 0 Å². The number of fused-ring (bicyclic) bond motifs is 7. The average Bonchev–Trinajstić information content (AvgIpc) is 3.80. The Balaban J connectivity index is 0.901. The van der Waals surface area contributed by atoms with Gasteiger partial charge in [0.2, 0.25) is 0 Å². The van der Waals surface area contributed by atoms with Crippen molar-refractivity contribution >= 4 is 61.7 Å². The van der Waals surface area contributed by atoms with Crippen LogP contribution in [0, 0.1) is 0 Å². The summed E-state index contributed by atoms with van der Waals surface area (Å²) in [6, 6.07) is 75.0. The van der Waals surface area contributed by atoms with Crippen molar-refractivity contribution in [3.63, 3.8) is 0 Å². The van der Waals surface area contributed by atoms with Gasteiger partial charge in [-0.3, -0.25) is 0 Å². The molecule has 8 aromatic carbocycles. The third-order valence-corrected chi connectivity index (χ3v) is 13.3. The van der Waals surface area contributed by atoms with Crippen LogP contribution in [0.25, 0.3) is 49.7 Å². The Kier molecular flexibility index (Phi) is 8.58. The van der Waals surface area contributed by atoms with Gasteiger partial charge in [-0.1, -0.05) is 123 Å². The van der Waals surface area contributed by atoms with Crippen molar-refractivity contribution in [1.82, 2.24) is 9.55 Å². The van der Waals surface area contributed by atoms with E-state index in [2.05, 4.69) is 239 Å². The molecular formula is C58H45N5. The predicted molar refractivity (Wildman–Crippen MR) is 263 cm³/mol. The van der Waals surface area contributed by atoms with Crippen LogP contribution in [0.1, 0.15) is 25.0 Å². The summed E-state index contributed by atoms with van der Waals surface area (Å²) < 4.78 is 2.37. The van der Waals surface area contributed by atoms with E-state index in [1.807, 2.05) is 6.20 Å². The number of benzene rings is 8. The lowest BCUT2D eigenvalue weighted by Gasteiger charge is -2.38. The summed E-state index contributed by atoms with van der Waals surface area (Å²) in [7, 11) is 0. The van der Waals surface area contributed by atoms with Crippen molar-refractivity contribution in [3.05, 3.63) is 224 Å². The molecule has 0 N–H and O–H groups in total. The molecule has 0 spiro atoms. The quantitative estimate of drug-likeness (QED) is 0.160. The minimum absolute atomic E-state index is 0.106. The second-order valence-corrected chi connectivity index (χ2v) is 17.2. The molecule has 0 radical (unpaired) electrons. The van der Waals surface area contributed by atoms with Gasteiger partial charge in [0.25, 0.3) is 0 Å². The van der Waals surface area contributed by atoms with Crippen LogP contribution in [0.5, 0.6) is 0 Å². The highest BCUT2D eigenvalue weighted by molar-refractivity contribution is 6.10. The zero-order valence-electron chi connectivity index (χ0n) is 35.4. The van der Waals surface area contributed by atoms with Gasteiger partial charge in [0, 0.05) is 69.6 Å². The molecule has 0 fully saturated rings. The average molecular weight is 812 g/mol. The summed E-state index contributed by atoms with van der Waals surface area (Å²) in [5.41, 5.74) is 18.0. The first-order valence-electron chi connectivity index (χ1n) is 21.9. The molecule has 3 heterocycles. The Morgan fingerprint density at radius 3 is 1.87 bits per heavy atom. The van der Waals surface area contributed by atoms with Crippen LogP contribution in [-0.4, -0.2) is 22.6 Å². The van der Waals surface area contributed by atoms with Crippen LogP contribution in [-0.2, 0) is 5.41 Å². The summed E-state index contributed by atoms with van der Waals surface area (Å²) in [6.07, 6.45) is 1.91. The third kappa shape index (κ3) is 6.03. The van der Waals surface area contributed by atoms with Gasteiger partial charge in [-0.2, -0.15) is 0 Å². The maximum atomic E-state index is 5.03. The topological polar surface area (TPSA) is 27.5 Å². The molecule has 2 aliphatic rings. The van der Waals surface area contributed by atoms with Gasteiger partial charge in [0.15, 0.2) is 5.82 Å². The molecule has 1 aliphatic carbocycles. The minimum atomic E-state index is -0.106. The van der Waals surface area contributed by atoms with Crippen molar-refractivity contribution in [3.8, 4) is 27.9 Å². The summed E-state index contributed by atoms with van der Waals surface area (Å²) in [6.45, 7) is 6.31. The number of nitrogens with zero attached hydrogens (tertiary/aromatic N) is 5. The number of para-hydroxylation sites is 2. The summed E-state index contributed by atoms with van der Waals surface area (Å²) in [5.74, 6) is 0.959. The Morgan fingerprint density at radius 1 is 0.444 bits per heavy atom. The zero-order valence-corrected chi connectivity index (χ0v) is 35.4. The van der Waals surface area contributed by atoms with E-state index >= 15 is 0 Å². The molecule has 0 amide bonds. The first-order valence-corrected chi connectivity index (χ1v) is 21.9. The molecule has 10 aromatic rings. The monoisotopic (exact) mass is 811 g/mol. The maximum absolute atomic E-state index is 5.03. The Labute approximate surface area is 368 Å². The van der Waals surface area contributed by atoms with Crippen molar-refractivity contribution < 1.29 is 0 Å². The van der Waals surface area contributed by atoms with Crippen LogP contribution in [0.2, 0.25) is 0 Å². The predicted octanol–water partition coefficient (Wildman–Crippen LogP) is 14.9. The van der Waals surface area contributed by atoms with Crippen LogP contribution in [0.15, 0.2) is 212 Å². The molecule has 0 saturated heterocycles. The van der Waals surface area contributed by atoms with E-state index in [0.717, 1.165) is 58.7 Å². The fourth-order valence-corrected chi connectivity index (χ4v) is 10.2. The standard InChI is InChI=1S/C58H45N5/c1-58(2)52-20-11-9-18-48(52)49-33-31-47(39-53(49)58)62(44-25-23-41(24-26-44)40-14-5-3-6-15-40)45-29-27-42(28-30-45)60-36-37-61(57-56(60)22-13-35-59-57)46-32-34-55-51(38-46)50-19-10-12-21-54(50)63(55)43-16-7-4-8-17-43/h3-35,38-39H,36-37H2,1-2H3. The summed E-state index contributed by atoms with van der Waals surface area (Å²) in [4.78, 5) is 12.2. The van der Waals surface area contributed by atoms with Gasteiger partial charge < -0.3 is 19.3 Å². The molecule has 5 heteroatoms. The van der Waals surface area contributed by atoms with Crippen molar-refractivity contribution in [1.29, 1.82) is 0 Å². The van der Waals surface area contributed by atoms with E-state index in [-0.39, 0.29) is 5.41 Å². The lowest BCUT2D eigenvalue weighted by molar-refractivity contribution is 0.660. The van der Waals surface area contributed by atoms with E-state index in [1.54, 1.807) is 0 Å². The highest BCUT2D eigenvalue weighted by Gasteiger charge is 2.36. The molecule has 63 heavy (non-hydrogen) atoms. The maximum Gasteiger partial charge on any atom is 0.157 e. The molecular weight excluding hydrogens is 767 g/mol. The second-order valence-electron chi connectivity index (χ2n) is 17.2. The number of aromatic nitrogens is 2. The SMILES string of the molecule is CC1(C)c2ccccc2-c2ccc(N(c3ccc(-c4ccccc4)cc3)c3ccc(N4CCN(c5ccc6c(c5)c5ccccc5n6-c5ccccc5)c5ncccc54)cc3)cc21. The summed E-state index contributed by atoms with van der Waals surface area (Å²) >= 11 is 0. The lowest BCUT2D eigenvalue weighted by Crippen LogP contribution is -2.36. The number of rotatable bonds is 7. The first-order chi connectivity index (χ1) is 31.0. The molecule has 0 bridgehead atoms. The van der Waals surface area contributed by atoms with E-state index in [0.29, 0.717) is 0 Å². The van der Waals surface area contributed by atoms with Crippen LogP contribution in [0.3, 0.4) is 0 Å². The van der Waals surface area contributed by atoms with Gasteiger partial charge in [0.05, 0.1) is 16.7 Å². The summed E-state index contributed by atoms with van der Waals surface area (Å²) in [5, 5.41) is 2.48. The highest BCUT2D eigenvalue weighted by atomic mass is 15.3. The van der Waals surface area contributed by atoms with Crippen LogP contribution >= 0.6 is 0 Å². The van der Waals surface area contributed by atoms with E-state index in [1.165, 1.54) is 55.2 Å². The smallest absolute Gasteiger partial charge is 0.157 e. The number of hydrogen-bond acceptors (Lipinski definition) is 4. The van der Waals surface area contributed by atoms with E-state index in [9.17, 15) is 0 Å². The molecule has 302 valence electrons. The molecule has 2 aromatic heterocycles. The molecule has 5 nitrogen and oxygen atoms in total. The zero-order chi connectivity index (χ0) is 42.1. The van der Waals surface area contributed by atoms with Crippen molar-refractivity contribution in [2.45, 2.75) is 19.3 Å². The molecule has 0 saturated carbocycles. The number of hydrogen-bond donors (Lipinski definition) is 0. The Bertz CT molecular complexity index is 3310. The second kappa shape index (κ2) is 14.6. The molecule has 0 atom stereocenters. The number of anilines is 7. The van der Waals surface area contributed by atoms with Gasteiger partial charge in [-0.25, -0.2) is 4.98 Å². The molecule has 0 unspecified atom stereocenters. The van der Waals surface area contributed by atoms with Crippen molar-refractivity contribution in [2.75, 3.05) is 27.8 Å². The van der Waals surface area contributed by atoms with Gasteiger partial charge >= 0.3 is 0 Å². The van der Waals surface area contributed by atoms with E-state index < -0.39 is 0 Å². The first kappa shape index (κ1) is 36.9. The Hall–Kier alpha value is -7.89. The lowest BCUT2D eigenvalue weighted by atomic mass is 9.82. The number of pyridine rings is 1. The van der Waals surface area contributed by atoms with Gasteiger partial charge in [-0.05, 0) is 130 Å². The van der Waals surface area contributed by atoms with Crippen LogP contribution < -0.4 is 14.7 Å². The van der Waals surface area contributed by atoms with Gasteiger partial charge in [-0.15, -0.1) is 0 Å². The van der Waals surface area contributed by atoms with Crippen molar-refractivity contribution in [2.24, 2.45) is 0 Å². The fourth-order valence-electron chi connectivity index (χ4n) is 10.2.